The van der Waals surface area contributed by atoms with Gasteiger partial charge in [0.05, 0.1) is 16.3 Å². The number of para-hydroxylation sites is 1. The van der Waals surface area contributed by atoms with Crippen LogP contribution in [-0.4, -0.2) is 53.2 Å². The summed E-state index contributed by atoms with van der Waals surface area (Å²) in [5, 5.41) is 7.92. The topological polar surface area (TPSA) is 97.2 Å². The largest absolute Gasteiger partial charge is 0.325 e. The third-order valence-corrected chi connectivity index (χ3v) is 7.91. The highest BCUT2D eigenvalue weighted by Crippen LogP contribution is 2.40. The van der Waals surface area contributed by atoms with Gasteiger partial charge >= 0.3 is 0 Å². The van der Waals surface area contributed by atoms with Crippen LogP contribution in [0.2, 0.25) is 0 Å². The number of rotatable bonds is 8. The highest BCUT2D eigenvalue weighted by atomic mass is 32.2. The Balaban J connectivity index is 1.45. The van der Waals surface area contributed by atoms with Crippen molar-refractivity contribution in [2.24, 2.45) is 0 Å². The molecule has 1 fully saturated rings. The maximum Gasteiger partial charge on any atom is 0.242 e. The number of aromatic nitrogens is 3. The molecule has 1 amide bonds. The first-order valence-electron chi connectivity index (χ1n) is 10.2. The number of nitrogens with one attached hydrogen (secondary N) is 1. The normalized spacial score (nSPS) is 14.0. The highest BCUT2D eigenvalue weighted by molar-refractivity contribution is 7.99. The van der Waals surface area contributed by atoms with Crippen molar-refractivity contribution in [2.75, 3.05) is 25.2 Å². The monoisotopic (exact) mass is 471 g/mol. The summed E-state index contributed by atoms with van der Waals surface area (Å²) in [6.07, 6.45) is 2.20. The Morgan fingerprint density at radius 2 is 1.91 bits per heavy atom. The Morgan fingerprint density at radius 3 is 2.56 bits per heavy atom. The van der Waals surface area contributed by atoms with Gasteiger partial charge in [-0.1, -0.05) is 36.0 Å². The Bertz CT molecular complexity index is 1240. The van der Waals surface area contributed by atoms with Crippen molar-refractivity contribution in [1.29, 1.82) is 0 Å². The van der Waals surface area contributed by atoms with Crippen LogP contribution in [0.5, 0.6) is 0 Å². The van der Waals surface area contributed by atoms with Crippen molar-refractivity contribution < 1.29 is 13.2 Å². The van der Waals surface area contributed by atoms with Crippen LogP contribution >= 0.6 is 11.8 Å². The van der Waals surface area contributed by atoms with Gasteiger partial charge in [0, 0.05) is 25.7 Å². The fraction of sp³-hybridized carbons (Fsp3) is 0.318. The number of benzene rings is 2. The number of thioether (sulfide) groups is 1. The van der Waals surface area contributed by atoms with Crippen LogP contribution in [0, 0.1) is 6.92 Å². The average molecular weight is 472 g/mol. The lowest BCUT2D eigenvalue weighted by Gasteiger charge is -2.15. The Hall–Kier alpha value is -2.69. The van der Waals surface area contributed by atoms with E-state index >= 15 is 0 Å². The molecule has 2 aromatic carbocycles. The van der Waals surface area contributed by atoms with Crippen LogP contribution in [0.15, 0.2) is 58.6 Å². The van der Waals surface area contributed by atoms with Gasteiger partial charge in [0.2, 0.25) is 21.1 Å². The molecular formula is C22H25N5O3S2. The van der Waals surface area contributed by atoms with Crippen molar-refractivity contribution in [3.8, 4) is 5.69 Å². The van der Waals surface area contributed by atoms with Crippen LogP contribution in [0.25, 0.3) is 5.69 Å². The minimum absolute atomic E-state index is 0.118. The molecule has 3 aromatic rings. The lowest BCUT2D eigenvalue weighted by Crippen LogP contribution is -2.23. The minimum Gasteiger partial charge on any atom is -0.325 e. The van der Waals surface area contributed by atoms with Gasteiger partial charge in [-0.3, -0.25) is 4.79 Å². The Kier molecular flexibility index (Phi) is 6.36. The Morgan fingerprint density at radius 1 is 1.19 bits per heavy atom. The third kappa shape index (κ3) is 4.87. The number of nitrogens with zero attached hydrogens (tertiary/aromatic N) is 4. The van der Waals surface area contributed by atoms with E-state index in [-0.39, 0.29) is 16.6 Å². The van der Waals surface area contributed by atoms with E-state index in [4.69, 9.17) is 0 Å². The summed E-state index contributed by atoms with van der Waals surface area (Å²) in [6.45, 7) is 1.73. The van der Waals surface area contributed by atoms with Crippen LogP contribution in [0.1, 0.15) is 30.1 Å². The maximum absolute atomic E-state index is 12.5. The van der Waals surface area contributed by atoms with E-state index in [1.165, 1.54) is 31.9 Å². The predicted octanol–water partition coefficient (Wildman–Crippen LogP) is 3.43. The summed E-state index contributed by atoms with van der Waals surface area (Å²) in [4.78, 5) is 17.3. The number of aryl methyl sites for hydroxylation is 1. The molecule has 0 spiro atoms. The lowest BCUT2D eigenvalue weighted by atomic mass is 10.2. The molecule has 32 heavy (non-hydrogen) atoms. The zero-order valence-electron chi connectivity index (χ0n) is 18.1. The second-order valence-electron chi connectivity index (χ2n) is 7.88. The van der Waals surface area contributed by atoms with E-state index in [1.807, 2.05) is 35.0 Å². The summed E-state index contributed by atoms with van der Waals surface area (Å²) >= 11 is 1.26. The van der Waals surface area contributed by atoms with Crippen LogP contribution in [-0.2, 0) is 14.8 Å². The Labute approximate surface area is 192 Å². The molecule has 8 nitrogen and oxygen atoms in total. The lowest BCUT2D eigenvalue weighted by molar-refractivity contribution is -0.113. The van der Waals surface area contributed by atoms with Gasteiger partial charge < -0.3 is 5.32 Å². The van der Waals surface area contributed by atoms with Gasteiger partial charge in [-0.2, -0.15) is 0 Å². The van der Waals surface area contributed by atoms with Crippen molar-refractivity contribution in [3.63, 3.8) is 0 Å². The molecule has 0 saturated heterocycles. The number of carbonyl (C=O) groups excluding carboxylic acids is 1. The molecule has 1 N–H and O–H groups in total. The van der Waals surface area contributed by atoms with Gasteiger partial charge in [0.15, 0.2) is 0 Å². The molecule has 0 bridgehead atoms. The molecule has 1 aliphatic carbocycles. The summed E-state index contributed by atoms with van der Waals surface area (Å²) < 4.78 is 28.0. The molecular weight excluding hydrogens is 446 g/mol. The van der Waals surface area contributed by atoms with E-state index in [0.717, 1.165) is 28.7 Å². The van der Waals surface area contributed by atoms with Gasteiger partial charge in [0.1, 0.15) is 5.82 Å². The molecule has 0 atom stereocenters. The van der Waals surface area contributed by atoms with E-state index in [0.29, 0.717) is 22.3 Å². The average Bonchev–Trinajstić information content (AvgIpc) is 3.53. The second kappa shape index (κ2) is 9.05. The fourth-order valence-electron chi connectivity index (χ4n) is 3.21. The molecule has 10 heteroatoms. The number of carbonyl (C=O) groups is 1. The minimum atomic E-state index is -3.60. The van der Waals surface area contributed by atoms with Crippen molar-refractivity contribution >= 4 is 33.4 Å². The first kappa shape index (κ1) is 22.5. The highest BCUT2D eigenvalue weighted by Gasteiger charge is 2.30. The van der Waals surface area contributed by atoms with Crippen LogP contribution in [0.4, 0.5) is 5.69 Å². The smallest absolute Gasteiger partial charge is 0.242 e. The molecule has 0 unspecified atom stereocenters. The molecule has 4 rings (SSSR count). The van der Waals surface area contributed by atoms with Crippen molar-refractivity contribution in [1.82, 2.24) is 19.1 Å². The number of sulfonamides is 1. The molecule has 1 aliphatic rings. The summed E-state index contributed by atoms with van der Waals surface area (Å²) in [5.74, 6) is 1.20. The molecule has 1 aromatic heterocycles. The number of hydrogen-bond donors (Lipinski definition) is 1. The SMILES string of the molecule is Cc1ccc(NC(=O)CSc2nc(C3CC3)n(-c3ccccc3)n2)cc1S(=O)(=O)N(C)C. The standard InChI is InChI=1S/C22H25N5O3S2/c1-15-9-12-17(13-19(15)32(29,30)26(2)3)23-20(28)14-31-22-24-21(16-10-11-16)27(25-22)18-7-5-4-6-8-18/h4-9,12-13,16H,10-11,14H2,1-3H3,(H,23,28). The van der Waals surface area contributed by atoms with Crippen molar-refractivity contribution in [2.45, 2.75) is 35.7 Å². The van der Waals surface area contributed by atoms with E-state index in [2.05, 4.69) is 15.4 Å². The van der Waals surface area contributed by atoms with Crippen molar-refractivity contribution in [3.05, 3.63) is 59.9 Å². The molecule has 1 saturated carbocycles. The van der Waals surface area contributed by atoms with E-state index in [9.17, 15) is 13.2 Å². The zero-order chi connectivity index (χ0) is 22.9. The molecule has 1 heterocycles. The first-order chi connectivity index (χ1) is 15.3. The predicted molar refractivity (Wildman–Crippen MR) is 125 cm³/mol. The third-order valence-electron chi connectivity index (χ3n) is 5.12. The summed E-state index contributed by atoms with van der Waals surface area (Å²) in [6, 6.07) is 14.7. The van der Waals surface area contributed by atoms with Gasteiger partial charge in [-0.25, -0.2) is 22.4 Å². The van der Waals surface area contributed by atoms with Gasteiger partial charge in [-0.05, 0) is 49.6 Å². The maximum atomic E-state index is 12.5. The second-order valence-corrected chi connectivity index (χ2v) is 10.9. The number of anilines is 1. The van der Waals surface area contributed by atoms with Crippen LogP contribution in [0.3, 0.4) is 0 Å². The van der Waals surface area contributed by atoms with E-state index in [1.54, 1.807) is 19.1 Å². The molecule has 0 radical (unpaired) electrons. The van der Waals surface area contributed by atoms with Crippen LogP contribution < -0.4 is 5.32 Å². The first-order valence-corrected chi connectivity index (χ1v) is 12.7. The molecule has 168 valence electrons. The zero-order valence-corrected chi connectivity index (χ0v) is 19.8. The van der Waals surface area contributed by atoms with Gasteiger partial charge in [-0.15, -0.1) is 5.10 Å². The number of amides is 1. The summed E-state index contributed by atoms with van der Waals surface area (Å²) in [5.41, 5.74) is 2.00. The van der Waals surface area contributed by atoms with E-state index < -0.39 is 10.0 Å². The van der Waals surface area contributed by atoms with Gasteiger partial charge in [0.25, 0.3) is 0 Å². The fourth-order valence-corrected chi connectivity index (χ4v) is 4.98. The summed E-state index contributed by atoms with van der Waals surface area (Å²) in [7, 11) is -0.637. The number of hydrogen-bond acceptors (Lipinski definition) is 6. The molecule has 0 aliphatic heterocycles. The quantitative estimate of drug-likeness (QED) is 0.506.